The second kappa shape index (κ2) is 6.11. The van der Waals surface area contributed by atoms with Crippen molar-refractivity contribution in [2.45, 2.75) is 71.8 Å². The number of aromatic amines is 1. The number of allylic oxidation sites excluding steroid dienone is 3. The first-order valence-electron chi connectivity index (χ1n) is 11.2. The van der Waals surface area contributed by atoms with Crippen molar-refractivity contribution in [1.29, 1.82) is 0 Å². The largest absolute Gasteiger partial charge is 0.393 e. The second-order valence-corrected chi connectivity index (χ2v) is 10.3. The number of aromatic nitrogens is 1. The molecule has 0 aromatic carbocycles. The van der Waals surface area contributed by atoms with Crippen LogP contribution >= 0.6 is 0 Å². The highest BCUT2D eigenvalue weighted by atomic mass is 16.3. The van der Waals surface area contributed by atoms with Gasteiger partial charge in [0.15, 0.2) is 0 Å². The molecule has 0 aliphatic heterocycles. The Kier molecular flexibility index (Phi) is 4.03. The quantitative estimate of drug-likeness (QED) is 0.623. The lowest BCUT2D eigenvalue weighted by Gasteiger charge is -2.60. The summed E-state index contributed by atoms with van der Waals surface area (Å²) in [5, 5.41) is 10.3. The Bertz CT molecular complexity index is 774. The molecule has 2 N–H and O–H groups in total. The molecular formula is C25H35NO. The zero-order chi connectivity index (χ0) is 18.8. The van der Waals surface area contributed by atoms with E-state index in [0.717, 1.165) is 30.6 Å². The van der Waals surface area contributed by atoms with Gasteiger partial charge in [-0.2, -0.15) is 0 Å². The van der Waals surface area contributed by atoms with E-state index in [1.165, 1.54) is 37.7 Å². The zero-order valence-corrected chi connectivity index (χ0v) is 17.2. The van der Waals surface area contributed by atoms with Gasteiger partial charge >= 0.3 is 0 Å². The van der Waals surface area contributed by atoms with E-state index in [0.29, 0.717) is 16.7 Å². The second-order valence-electron chi connectivity index (χ2n) is 10.3. The van der Waals surface area contributed by atoms with Crippen molar-refractivity contribution in [3.8, 4) is 0 Å². The van der Waals surface area contributed by atoms with Gasteiger partial charge in [0.2, 0.25) is 0 Å². The molecule has 7 atom stereocenters. The number of fused-ring (bicyclic) bond motifs is 5. The maximum Gasteiger partial charge on any atom is 0.0577 e. The average molecular weight is 366 g/mol. The Morgan fingerprint density at radius 2 is 1.96 bits per heavy atom. The van der Waals surface area contributed by atoms with Gasteiger partial charge < -0.3 is 10.1 Å². The van der Waals surface area contributed by atoms with Crippen molar-refractivity contribution in [2.75, 3.05) is 0 Å². The number of hydrogen-bond donors (Lipinski definition) is 2. The van der Waals surface area contributed by atoms with Crippen molar-refractivity contribution in [1.82, 2.24) is 4.98 Å². The average Bonchev–Trinajstić information content (AvgIpc) is 3.28. The van der Waals surface area contributed by atoms with Gasteiger partial charge in [-0.15, -0.1) is 0 Å². The highest BCUT2D eigenvalue weighted by molar-refractivity contribution is 5.72. The van der Waals surface area contributed by atoms with E-state index in [9.17, 15) is 5.11 Å². The van der Waals surface area contributed by atoms with Gasteiger partial charge in [-0.3, -0.25) is 0 Å². The molecule has 5 rings (SSSR count). The van der Waals surface area contributed by atoms with Crippen LogP contribution in [0.4, 0.5) is 0 Å². The van der Waals surface area contributed by atoms with Crippen LogP contribution in [0.2, 0.25) is 0 Å². The number of nitrogens with one attached hydrogen (secondary N) is 1. The minimum atomic E-state index is -0.111. The van der Waals surface area contributed by atoms with Crippen molar-refractivity contribution >= 4 is 5.57 Å². The molecule has 1 aromatic heterocycles. The van der Waals surface area contributed by atoms with Gasteiger partial charge in [-0.25, -0.2) is 0 Å². The molecule has 2 heteroatoms. The van der Waals surface area contributed by atoms with Crippen LogP contribution in [-0.2, 0) is 0 Å². The molecule has 2 unspecified atom stereocenters. The molecule has 2 saturated carbocycles. The Balaban J connectivity index is 1.54. The topological polar surface area (TPSA) is 36.0 Å². The van der Waals surface area contributed by atoms with E-state index < -0.39 is 0 Å². The summed E-state index contributed by atoms with van der Waals surface area (Å²) >= 11 is 0. The SMILES string of the molecule is CCC1C=C2CC(O)CC[C@]2(C)[C@@H]2CC[C@]3(C)C(c4cc[nH]c4)=CC[C@H]3[C@H]12. The highest BCUT2D eigenvalue weighted by Crippen LogP contribution is 2.67. The first kappa shape index (κ1) is 17.8. The number of aliphatic hydroxyl groups excluding tert-OH is 1. The fraction of sp³-hybridized carbons (Fsp3) is 0.680. The summed E-state index contributed by atoms with van der Waals surface area (Å²) in [6, 6.07) is 2.26. The molecule has 2 fully saturated rings. The zero-order valence-electron chi connectivity index (χ0n) is 17.2. The molecule has 4 aliphatic carbocycles. The molecule has 0 saturated heterocycles. The number of aliphatic hydroxyl groups is 1. The van der Waals surface area contributed by atoms with E-state index >= 15 is 0 Å². The Labute approximate surface area is 164 Å². The van der Waals surface area contributed by atoms with E-state index in [2.05, 4.69) is 56.4 Å². The van der Waals surface area contributed by atoms with E-state index in [-0.39, 0.29) is 6.10 Å². The Morgan fingerprint density at radius 3 is 2.70 bits per heavy atom. The van der Waals surface area contributed by atoms with Gasteiger partial charge in [0.05, 0.1) is 6.10 Å². The van der Waals surface area contributed by atoms with Gasteiger partial charge in [0.25, 0.3) is 0 Å². The minimum Gasteiger partial charge on any atom is -0.393 e. The van der Waals surface area contributed by atoms with Crippen LogP contribution in [0.5, 0.6) is 0 Å². The van der Waals surface area contributed by atoms with Crippen LogP contribution in [0, 0.1) is 34.5 Å². The van der Waals surface area contributed by atoms with Crippen LogP contribution in [0.3, 0.4) is 0 Å². The summed E-state index contributed by atoms with van der Waals surface area (Å²) in [5.74, 6) is 3.05. The predicted molar refractivity (Wildman–Crippen MR) is 111 cm³/mol. The molecule has 1 heterocycles. The smallest absolute Gasteiger partial charge is 0.0577 e. The van der Waals surface area contributed by atoms with Crippen molar-refractivity contribution in [3.05, 3.63) is 41.7 Å². The van der Waals surface area contributed by atoms with Crippen LogP contribution in [-0.4, -0.2) is 16.2 Å². The molecule has 27 heavy (non-hydrogen) atoms. The minimum absolute atomic E-state index is 0.111. The number of H-pyrrole nitrogens is 1. The van der Waals surface area contributed by atoms with E-state index in [1.54, 1.807) is 11.1 Å². The highest BCUT2D eigenvalue weighted by Gasteiger charge is 2.58. The number of hydrogen-bond acceptors (Lipinski definition) is 1. The van der Waals surface area contributed by atoms with Crippen LogP contribution < -0.4 is 0 Å². The van der Waals surface area contributed by atoms with Crippen LogP contribution in [0.15, 0.2) is 36.2 Å². The molecule has 4 aliphatic rings. The van der Waals surface area contributed by atoms with Crippen LogP contribution in [0.25, 0.3) is 5.57 Å². The summed E-state index contributed by atoms with van der Waals surface area (Å²) in [6.45, 7) is 7.47. The molecule has 146 valence electrons. The third-order valence-corrected chi connectivity index (χ3v) is 9.21. The lowest BCUT2D eigenvalue weighted by molar-refractivity contribution is -0.0464. The lowest BCUT2D eigenvalue weighted by Crippen LogP contribution is -2.52. The summed E-state index contributed by atoms with van der Waals surface area (Å²) in [6.07, 6.45) is 17.6. The Hall–Kier alpha value is -1.28. The van der Waals surface area contributed by atoms with Crippen molar-refractivity contribution in [3.63, 3.8) is 0 Å². The summed E-state index contributed by atoms with van der Waals surface area (Å²) in [7, 11) is 0. The number of rotatable bonds is 2. The molecular weight excluding hydrogens is 330 g/mol. The standard InChI is InChI=1S/C25H35NO/c1-4-16-13-18-14-19(27)7-10-24(18,2)22-8-11-25(3)20(17-9-12-26-15-17)5-6-21(25)23(16)22/h5,9,12-13,15-16,19,21-23,26-27H,4,6-8,10-11,14H2,1-3H3/t16?,19?,21-,22+,23-,24-,25+/m0/s1. The fourth-order valence-electron chi connectivity index (χ4n) is 7.70. The van der Waals surface area contributed by atoms with Crippen molar-refractivity contribution in [2.24, 2.45) is 34.5 Å². The summed E-state index contributed by atoms with van der Waals surface area (Å²) < 4.78 is 0. The van der Waals surface area contributed by atoms with Gasteiger partial charge in [0, 0.05) is 12.4 Å². The molecule has 0 bridgehead atoms. The maximum absolute atomic E-state index is 10.3. The molecule has 0 amide bonds. The third kappa shape index (κ3) is 2.41. The third-order valence-electron chi connectivity index (χ3n) is 9.21. The fourth-order valence-corrected chi connectivity index (χ4v) is 7.70. The molecule has 1 aromatic rings. The van der Waals surface area contributed by atoms with E-state index in [4.69, 9.17) is 0 Å². The summed E-state index contributed by atoms with van der Waals surface area (Å²) in [5.41, 5.74) is 5.25. The normalized spacial score (nSPS) is 46.1. The molecule has 0 spiro atoms. The van der Waals surface area contributed by atoms with Gasteiger partial charge in [0.1, 0.15) is 0 Å². The first-order valence-corrected chi connectivity index (χ1v) is 11.2. The first-order chi connectivity index (χ1) is 13.0. The predicted octanol–water partition coefficient (Wildman–Crippen LogP) is 5.97. The van der Waals surface area contributed by atoms with Crippen LogP contribution in [0.1, 0.15) is 71.3 Å². The Morgan fingerprint density at radius 1 is 1.15 bits per heavy atom. The molecule has 0 radical (unpaired) electrons. The van der Waals surface area contributed by atoms with E-state index in [1.807, 2.05) is 0 Å². The summed E-state index contributed by atoms with van der Waals surface area (Å²) in [4.78, 5) is 3.27. The maximum atomic E-state index is 10.3. The monoisotopic (exact) mass is 365 g/mol. The van der Waals surface area contributed by atoms with Gasteiger partial charge in [-0.05, 0) is 96.7 Å². The lowest BCUT2D eigenvalue weighted by atomic mass is 9.45. The van der Waals surface area contributed by atoms with Gasteiger partial charge in [-0.1, -0.05) is 38.5 Å². The molecule has 2 nitrogen and oxygen atoms in total. The van der Waals surface area contributed by atoms with Crippen molar-refractivity contribution < 1.29 is 5.11 Å².